The topological polar surface area (TPSA) is 99.4 Å². The van der Waals surface area contributed by atoms with Gasteiger partial charge in [-0.1, -0.05) is 29.3 Å². The van der Waals surface area contributed by atoms with E-state index >= 15 is 0 Å². The van der Waals surface area contributed by atoms with Crippen molar-refractivity contribution < 1.29 is 17.9 Å². The standard InChI is InChI=1S/C18H14Cl2N2O4S2/c1-27-13-4-2-10-6-12(17(20)22-15(10)8-13)9-26-18(23)11-3-5-14(19)16(7-11)28(21,24)25/h2-8H,9H2,1H3,(H2,21,24,25). The second-order valence-electron chi connectivity index (χ2n) is 5.76. The summed E-state index contributed by atoms with van der Waals surface area (Å²) in [5, 5.41) is 6.09. The fourth-order valence-corrected chi connectivity index (χ4v) is 4.18. The number of sulfonamides is 1. The average Bonchev–Trinajstić information content (AvgIpc) is 2.65. The lowest BCUT2D eigenvalue weighted by Crippen LogP contribution is -2.14. The molecule has 10 heteroatoms. The molecule has 0 spiro atoms. The number of fused-ring (bicyclic) bond motifs is 1. The van der Waals surface area contributed by atoms with Crippen LogP contribution in [0.1, 0.15) is 15.9 Å². The molecule has 0 aliphatic carbocycles. The largest absolute Gasteiger partial charge is 0.457 e. The number of aromatic nitrogens is 1. The summed E-state index contributed by atoms with van der Waals surface area (Å²) in [5.74, 6) is -0.740. The molecule has 3 aromatic rings. The summed E-state index contributed by atoms with van der Waals surface area (Å²) < 4.78 is 28.3. The first-order chi connectivity index (χ1) is 13.2. The molecule has 0 atom stereocenters. The van der Waals surface area contributed by atoms with E-state index in [4.69, 9.17) is 33.1 Å². The number of ether oxygens (including phenoxy) is 1. The Hall–Kier alpha value is -1.84. The van der Waals surface area contributed by atoms with Crippen LogP contribution < -0.4 is 5.14 Å². The van der Waals surface area contributed by atoms with E-state index < -0.39 is 16.0 Å². The third-order valence-corrected chi connectivity index (χ3v) is 6.33. The molecule has 0 amide bonds. The molecule has 0 saturated heterocycles. The number of hydrogen-bond donors (Lipinski definition) is 1. The third-order valence-electron chi connectivity index (χ3n) is 3.88. The number of thioether (sulfide) groups is 1. The summed E-state index contributed by atoms with van der Waals surface area (Å²) in [7, 11) is -4.07. The lowest BCUT2D eigenvalue weighted by atomic mass is 10.1. The van der Waals surface area contributed by atoms with E-state index in [2.05, 4.69) is 4.98 Å². The number of carbonyl (C=O) groups excluding carboxylic acids is 1. The van der Waals surface area contributed by atoms with E-state index in [-0.39, 0.29) is 27.2 Å². The van der Waals surface area contributed by atoms with Gasteiger partial charge in [-0.05, 0) is 42.7 Å². The van der Waals surface area contributed by atoms with Gasteiger partial charge in [-0.3, -0.25) is 0 Å². The van der Waals surface area contributed by atoms with Gasteiger partial charge in [0.25, 0.3) is 0 Å². The van der Waals surface area contributed by atoms with Gasteiger partial charge in [0.1, 0.15) is 16.7 Å². The fourth-order valence-electron chi connectivity index (χ4n) is 2.47. The Morgan fingerprint density at radius 1 is 1.18 bits per heavy atom. The number of rotatable bonds is 5. The molecule has 1 heterocycles. The quantitative estimate of drug-likeness (QED) is 0.349. The Balaban J connectivity index is 1.82. The number of halogens is 2. The van der Waals surface area contributed by atoms with E-state index in [0.29, 0.717) is 5.56 Å². The number of nitrogens with two attached hydrogens (primary N) is 1. The molecule has 0 fully saturated rings. The molecular weight excluding hydrogens is 443 g/mol. The van der Waals surface area contributed by atoms with Gasteiger partial charge in [0, 0.05) is 15.8 Å². The molecule has 2 N–H and O–H groups in total. The van der Waals surface area contributed by atoms with E-state index in [1.54, 1.807) is 17.8 Å². The fraction of sp³-hybridized carbons (Fsp3) is 0.111. The molecule has 146 valence electrons. The van der Waals surface area contributed by atoms with Gasteiger partial charge >= 0.3 is 5.97 Å². The van der Waals surface area contributed by atoms with Crippen molar-refractivity contribution in [3.8, 4) is 0 Å². The highest BCUT2D eigenvalue weighted by Crippen LogP contribution is 2.26. The first kappa shape index (κ1) is 20.9. The van der Waals surface area contributed by atoms with Crippen molar-refractivity contribution in [3.63, 3.8) is 0 Å². The molecule has 28 heavy (non-hydrogen) atoms. The van der Waals surface area contributed by atoms with E-state index in [1.807, 2.05) is 24.5 Å². The van der Waals surface area contributed by atoms with Crippen LogP contribution in [-0.2, 0) is 21.4 Å². The number of benzene rings is 2. The van der Waals surface area contributed by atoms with Gasteiger partial charge in [-0.15, -0.1) is 11.8 Å². The zero-order valence-corrected chi connectivity index (χ0v) is 17.6. The van der Waals surface area contributed by atoms with Gasteiger partial charge in [0.15, 0.2) is 0 Å². The average molecular weight is 457 g/mol. The highest BCUT2D eigenvalue weighted by atomic mass is 35.5. The Labute approximate surface area is 176 Å². The maximum Gasteiger partial charge on any atom is 0.338 e. The molecule has 6 nitrogen and oxygen atoms in total. The summed E-state index contributed by atoms with van der Waals surface area (Å²) in [6, 6.07) is 11.3. The number of nitrogens with zero attached hydrogens (tertiary/aromatic N) is 1. The summed E-state index contributed by atoms with van der Waals surface area (Å²) in [5.41, 5.74) is 1.27. The Bertz CT molecular complexity index is 1180. The summed E-state index contributed by atoms with van der Waals surface area (Å²) >= 11 is 13.6. The molecule has 1 aromatic heterocycles. The van der Waals surface area contributed by atoms with Crippen molar-refractivity contribution in [2.24, 2.45) is 5.14 Å². The maximum atomic E-state index is 12.3. The van der Waals surface area contributed by atoms with Crippen LogP contribution >= 0.6 is 35.0 Å². The molecule has 3 rings (SSSR count). The normalized spacial score (nSPS) is 11.6. The van der Waals surface area contributed by atoms with Crippen molar-refractivity contribution in [2.75, 3.05) is 6.26 Å². The first-order valence-corrected chi connectivity index (χ1v) is 11.3. The van der Waals surface area contributed by atoms with Gasteiger partial charge in [-0.25, -0.2) is 23.3 Å². The van der Waals surface area contributed by atoms with Crippen molar-refractivity contribution in [2.45, 2.75) is 16.4 Å². The molecule has 0 aliphatic rings. The molecule has 2 aromatic carbocycles. The van der Waals surface area contributed by atoms with Crippen molar-refractivity contribution in [1.29, 1.82) is 0 Å². The van der Waals surface area contributed by atoms with Crippen LogP contribution in [0.4, 0.5) is 0 Å². The monoisotopic (exact) mass is 456 g/mol. The SMILES string of the molecule is CSc1ccc2cc(COC(=O)c3ccc(Cl)c(S(N)(=O)=O)c3)c(Cl)nc2c1. The van der Waals surface area contributed by atoms with Crippen molar-refractivity contribution in [3.05, 3.63) is 63.8 Å². The number of esters is 1. The van der Waals surface area contributed by atoms with Crippen LogP contribution in [0.3, 0.4) is 0 Å². The van der Waals surface area contributed by atoms with Crippen LogP contribution in [0, 0.1) is 0 Å². The Morgan fingerprint density at radius 2 is 1.93 bits per heavy atom. The molecular formula is C18H14Cl2N2O4S2. The smallest absolute Gasteiger partial charge is 0.338 e. The number of primary sulfonamides is 1. The highest BCUT2D eigenvalue weighted by Gasteiger charge is 2.18. The number of hydrogen-bond acceptors (Lipinski definition) is 6. The minimum Gasteiger partial charge on any atom is -0.457 e. The van der Waals surface area contributed by atoms with Crippen LogP contribution in [0.5, 0.6) is 0 Å². The van der Waals surface area contributed by atoms with Crippen LogP contribution in [0.25, 0.3) is 10.9 Å². The summed E-state index contributed by atoms with van der Waals surface area (Å²) in [4.78, 5) is 17.4. The lowest BCUT2D eigenvalue weighted by molar-refractivity contribution is 0.0472. The zero-order valence-electron chi connectivity index (χ0n) is 14.5. The van der Waals surface area contributed by atoms with E-state index in [9.17, 15) is 13.2 Å². The molecule has 0 radical (unpaired) electrons. The Kier molecular flexibility index (Phi) is 6.16. The number of pyridine rings is 1. The van der Waals surface area contributed by atoms with Crippen LogP contribution in [0.15, 0.2) is 52.3 Å². The number of carbonyl (C=O) groups is 1. The Morgan fingerprint density at radius 3 is 2.61 bits per heavy atom. The molecule has 0 bridgehead atoms. The van der Waals surface area contributed by atoms with Crippen LogP contribution in [-0.4, -0.2) is 25.6 Å². The molecule has 0 unspecified atom stereocenters. The third kappa shape index (κ3) is 4.59. The lowest BCUT2D eigenvalue weighted by Gasteiger charge is -2.09. The minimum atomic E-state index is -4.07. The second-order valence-corrected chi connectivity index (χ2v) is 8.94. The summed E-state index contributed by atoms with van der Waals surface area (Å²) in [6.45, 7) is -0.127. The summed E-state index contributed by atoms with van der Waals surface area (Å²) in [6.07, 6.45) is 1.97. The first-order valence-electron chi connectivity index (χ1n) is 7.81. The second kappa shape index (κ2) is 8.26. The maximum absolute atomic E-state index is 12.3. The van der Waals surface area contributed by atoms with E-state index in [0.717, 1.165) is 21.9 Å². The minimum absolute atomic E-state index is 0.00269. The van der Waals surface area contributed by atoms with Gasteiger partial charge in [-0.2, -0.15) is 0 Å². The predicted octanol–water partition coefficient (Wildman–Crippen LogP) is 4.27. The van der Waals surface area contributed by atoms with Gasteiger partial charge in [0.05, 0.1) is 16.1 Å². The highest BCUT2D eigenvalue weighted by molar-refractivity contribution is 7.98. The predicted molar refractivity (Wildman–Crippen MR) is 110 cm³/mol. The van der Waals surface area contributed by atoms with E-state index in [1.165, 1.54) is 12.1 Å². The zero-order chi connectivity index (χ0) is 20.5. The van der Waals surface area contributed by atoms with Gasteiger partial charge in [0.2, 0.25) is 10.0 Å². The molecule has 0 aliphatic heterocycles. The van der Waals surface area contributed by atoms with Crippen LogP contribution in [0.2, 0.25) is 10.2 Å². The van der Waals surface area contributed by atoms with Crippen molar-refractivity contribution >= 4 is 61.9 Å². The van der Waals surface area contributed by atoms with Crippen molar-refractivity contribution in [1.82, 2.24) is 4.98 Å². The molecule has 0 saturated carbocycles. The van der Waals surface area contributed by atoms with Gasteiger partial charge < -0.3 is 4.74 Å².